The van der Waals surface area contributed by atoms with Crippen molar-refractivity contribution in [3.63, 3.8) is 0 Å². The van der Waals surface area contributed by atoms with Crippen LogP contribution in [0.2, 0.25) is 0 Å². The van der Waals surface area contributed by atoms with Gasteiger partial charge in [-0.05, 0) is 113 Å². The lowest BCUT2D eigenvalue weighted by molar-refractivity contribution is 0.768. The molecule has 1 aliphatic rings. The fraction of sp³-hybridized carbons (Fsp3) is 0.0182. The van der Waals surface area contributed by atoms with Crippen LogP contribution in [0.5, 0.6) is 0 Å². The topological polar surface area (TPSA) is 25.8 Å². The SMILES string of the molecule is c1ccc(-c2c3ccccc3c(-c3ccccc3)c3cc(-c4ccc5c(c4)-c4cc(-c6ncccn6)ccc4C5(c4ccccc4)c4ccccc4)ccc23)cc1. The lowest BCUT2D eigenvalue weighted by atomic mass is 9.67. The number of aromatic nitrogens is 2. The van der Waals surface area contributed by atoms with E-state index >= 15 is 0 Å². The molecule has 0 aliphatic heterocycles. The summed E-state index contributed by atoms with van der Waals surface area (Å²) in [4.78, 5) is 9.30. The second-order valence-electron chi connectivity index (χ2n) is 14.9. The van der Waals surface area contributed by atoms with E-state index in [-0.39, 0.29) is 0 Å². The Morgan fingerprint density at radius 3 is 1.28 bits per heavy atom. The normalized spacial score (nSPS) is 12.7. The average molecular weight is 725 g/mol. The lowest BCUT2D eigenvalue weighted by Crippen LogP contribution is -2.28. The Hall–Kier alpha value is -7.42. The van der Waals surface area contributed by atoms with Gasteiger partial charge in [0.15, 0.2) is 5.82 Å². The summed E-state index contributed by atoms with van der Waals surface area (Å²) in [6.45, 7) is 0. The van der Waals surface area contributed by atoms with Gasteiger partial charge in [0.25, 0.3) is 0 Å². The van der Waals surface area contributed by atoms with Crippen molar-refractivity contribution < 1.29 is 0 Å². The number of benzene rings is 9. The molecule has 11 rings (SSSR count). The van der Waals surface area contributed by atoms with E-state index in [0.717, 1.165) is 11.4 Å². The molecular formula is C55H36N2. The smallest absolute Gasteiger partial charge is 0.159 e. The number of rotatable bonds is 6. The van der Waals surface area contributed by atoms with Crippen molar-refractivity contribution >= 4 is 21.5 Å². The van der Waals surface area contributed by atoms with Crippen molar-refractivity contribution in [3.05, 3.63) is 241 Å². The van der Waals surface area contributed by atoms with Gasteiger partial charge in [-0.25, -0.2) is 9.97 Å². The zero-order valence-electron chi connectivity index (χ0n) is 31.2. The Balaban J connectivity index is 1.19. The van der Waals surface area contributed by atoms with E-state index in [1.165, 1.54) is 88.3 Å². The minimum absolute atomic E-state index is 0.505. The summed E-state index contributed by atoms with van der Waals surface area (Å²) in [5.74, 6) is 0.722. The zero-order chi connectivity index (χ0) is 37.8. The van der Waals surface area contributed by atoms with Crippen molar-refractivity contribution in [2.24, 2.45) is 0 Å². The first-order valence-electron chi connectivity index (χ1n) is 19.6. The number of hydrogen-bond acceptors (Lipinski definition) is 2. The summed E-state index contributed by atoms with van der Waals surface area (Å²) in [5, 5.41) is 4.99. The molecule has 9 aromatic carbocycles. The van der Waals surface area contributed by atoms with Crippen LogP contribution in [-0.4, -0.2) is 9.97 Å². The molecule has 2 heteroatoms. The summed E-state index contributed by atoms with van der Waals surface area (Å²) in [7, 11) is 0. The molecule has 10 aromatic rings. The van der Waals surface area contributed by atoms with Crippen molar-refractivity contribution in [2.45, 2.75) is 5.41 Å². The van der Waals surface area contributed by atoms with E-state index in [0.29, 0.717) is 0 Å². The van der Waals surface area contributed by atoms with E-state index in [1.54, 1.807) is 0 Å². The van der Waals surface area contributed by atoms with E-state index in [4.69, 9.17) is 0 Å². The van der Waals surface area contributed by atoms with Crippen LogP contribution in [0.3, 0.4) is 0 Å². The molecule has 2 nitrogen and oxygen atoms in total. The largest absolute Gasteiger partial charge is 0.237 e. The number of fused-ring (bicyclic) bond motifs is 5. The van der Waals surface area contributed by atoms with Crippen molar-refractivity contribution in [1.29, 1.82) is 0 Å². The van der Waals surface area contributed by atoms with Crippen LogP contribution in [0.4, 0.5) is 0 Å². The van der Waals surface area contributed by atoms with Crippen LogP contribution >= 0.6 is 0 Å². The van der Waals surface area contributed by atoms with Crippen LogP contribution in [0.15, 0.2) is 219 Å². The molecule has 0 N–H and O–H groups in total. The van der Waals surface area contributed by atoms with Gasteiger partial charge in [0.1, 0.15) is 0 Å². The van der Waals surface area contributed by atoms with E-state index in [1.807, 2.05) is 18.5 Å². The molecular weight excluding hydrogens is 689 g/mol. The van der Waals surface area contributed by atoms with Gasteiger partial charge >= 0.3 is 0 Å². The van der Waals surface area contributed by atoms with Gasteiger partial charge in [-0.15, -0.1) is 0 Å². The highest BCUT2D eigenvalue weighted by Crippen LogP contribution is 2.57. The second-order valence-corrected chi connectivity index (χ2v) is 14.9. The molecule has 1 aliphatic carbocycles. The molecule has 0 unspecified atom stereocenters. The highest BCUT2D eigenvalue weighted by Gasteiger charge is 2.46. The highest BCUT2D eigenvalue weighted by atomic mass is 14.8. The second kappa shape index (κ2) is 13.4. The quantitative estimate of drug-likeness (QED) is 0.160. The predicted molar refractivity (Wildman–Crippen MR) is 236 cm³/mol. The molecule has 0 fully saturated rings. The fourth-order valence-electron chi connectivity index (χ4n) is 9.45. The van der Waals surface area contributed by atoms with E-state index < -0.39 is 5.41 Å². The molecule has 1 aromatic heterocycles. The van der Waals surface area contributed by atoms with Crippen molar-refractivity contribution in [2.75, 3.05) is 0 Å². The third kappa shape index (κ3) is 5.18. The first-order valence-corrected chi connectivity index (χ1v) is 19.6. The van der Waals surface area contributed by atoms with E-state index in [2.05, 4.69) is 210 Å². The van der Waals surface area contributed by atoms with Crippen LogP contribution in [0.25, 0.3) is 77.4 Å². The molecule has 0 amide bonds. The maximum atomic E-state index is 4.65. The zero-order valence-corrected chi connectivity index (χ0v) is 31.2. The van der Waals surface area contributed by atoms with Gasteiger partial charge in [0.05, 0.1) is 5.41 Å². The molecule has 0 atom stereocenters. The Kier molecular flexibility index (Phi) is 7.75. The van der Waals surface area contributed by atoms with Crippen molar-refractivity contribution in [3.8, 4) is 55.9 Å². The fourth-order valence-corrected chi connectivity index (χ4v) is 9.45. The predicted octanol–water partition coefficient (Wildman–Crippen LogP) is 13.8. The first kappa shape index (κ1) is 33.0. The molecule has 1 heterocycles. The Morgan fingerprint density at radius 1 is 0.298 bits per heavy atom. The Bertz CT molecular complexity index is 3050. The maximum absolute atomic E-state index is 4.65. The van der Waals surface area contributed by atoms with Crippen LogP contribution in [0.1, 0.15) is 22.3 Å². The number of nitrogens with zero attached hydrogens (tertiary/aromatic N) is 2. The molecule has 57 heavy (non-hydrogen) atoms. The van der Waals surface area contributed by atoms with Gasteiger partial charge in [-0.1, -0.05) is 182 Å². The number of hydrogen-bond donors (Lipinski definition) is 0. The first-order chi connectivity index (χ1) is 28.3. The van der Waals surface area contributed by atoms with Crippen LogP contribution in [-0.2, 0) is 5.41 Å². The van der Waals surface area contributed by atoms with Crippen molar-refractivity contribution in [1.82, 2.24) is 9.97 Å². The molecule has 0 saturated carbocycles. The summed E-state index contributed by atoms with van der Waals surface area (Å²) in [5.41, 5.74) is 15.2. The standard InChI is InChI=1S/C55H36N2/c1-5-16-37(17-6-1)52-44-24-13-14-25-45(44)53(38-18-7-2-8-19-38)49-35-39(26-29-46(49)52)40-27-30-50-47(34-40)48-36-41(54-56-32-15-33-57-54)28-31-51(48)55(50,42-20-9-3-10-21-42)43-22-11-4-12-23-43/h1-36H. The molecule has 0 spiro atoms. The van der Waals surface area contributed by atoms with Gasteiger partial charge in [-0.2, -0.15) is 0 Å². The summed E-state index contributed by atoms with van der Waals surface area (Å²) >= 11 is 0. The van der Waals surface area contributed by atoms with Crippen LogP contribution in [0, 0.1) is 0 Å². The Morgan fingerprint density at radius 2 is 0.719 bits per heavy atom. The molecule has 0 radical (unpaired) electrons. The maximum Gasteiger partial charge on any atom is 0.159 e. The molecule has 0 bridgehead atoms. The van der Waals surface area contributed by atoms with E-state index in [9.17, 15) is 0 Å². The van der Waals surface area contributed by atoms with Gasteiger partial charge < -0.3 is 0 Å². The monoisotopic (exact) mass is 724 g/mol. The lowest BCUT2D eigenvalue weighted by Gasteiger charge is -2.34. The summed E-state index contributed by atoms with van der Waals surface area (Å²) in [6.07, 6.45) is 3.63. The minimum atomic E-state index is -0.505. The van der Waals surface area contributed by atoms with Crippen LogP contribution < -0.4 is 0 Å². The molecule has 266 valence electrons. The van der Waals surface area contributed by atoms with Gasteiger partial charge in [0.2, 0.25) is 0 Å². The van der Waals surface area contributed by atoms with Gasteiger partial charge in [0, 0.05) is 18.0 Å². The average Bonchev–Trinajstić information content (AvgIpc) is 3.59. The Labute approximate surface area is 332 Å². The third-order valence-corrected chi connectivity index (χ3v) is 11.9. The summed E-state index contributed by atoms with van der Waals surface area (Å²) in [6, 6.07) is 75.4. The molecule has 0 saturated heterocycles. The summed E-state index contributed by atoms with van der Waals surface area (Å²) < 4.78 is 0. The van der Waals surface area contributed by atoms with Gasteiger partial charge in [-0.3, -0.25) is 0 Å². The minimum Gasteiger partial charge on any atom is -0.237 e. The highest BCUT2D eigenvalue weighted by molar-refractivity contribution is 6.22. The third-order valence-electron chi connectivity index (χ3n) is 11.9.